The van der Waals surface area contributed by atoms with Crippen LogP contribution >= 0.6 is 11.6 Å². The van der Waals surface area contributed by atoms with E-state index >= 15 is 0 Å². The van der Waals surface area contributed by atoms with Crippen molar-refractivity contribution in [2.24, 2.45) is 29.1 Å². The number of benzene rings is 1. The van der Waals surface area contributed by atoms with Gasteiger partial charge in [-0.1, -0.05) is 25.4 Å². The minimum atomic E-state index is -0.316. The third-order valence-corrected chi connectivity index (χ3v) is 9.42. The molecule has 4 aliphatic rings. The largest absolute Gasteiger partial charge is 0.351 e. The molecule has 2 saturated heterocycles. The van der Waals surface area contributed by atoms with E-state index in [9.17, 15) is 4.39 Å². The van der Waals surface area contributed by atoms with E-state index in [1.807, 2.05) is 12.1 Å². The van der Waals surface area contributed by atoms with Crippen molar-refractivity contribution in [1.82, 2.24) is 15.1 Å². The minimum Gasteiger partial charge on any atom is -0.351 e. The van der Waals surface area contributed by atoms with Crippen molar-refractivity contribution >= 4 is 17.4 Å². The first-order valence-electron chi connectivity index (χ1n) is 13.2. The lowest BCUT2D eigenvalue weighted by Crippen LogP contribution is -2.47. The number of rotatable bonds is 4. The molecule has 2 aromatic rings. The number of aromatic nitrogens is 2. The number of fused-ring (bicyclic) bond motifs is 3. The molecule has 1 aromatic heterocycles. The van der Waals surface area contributed by atoms with E-state index in [2.05, 4.69) is 33.8 Å². The second-order valence-electron chi connectivity index (χ2n) is 12.1. The molecule has 0 amide bonds. The molecular weight excluding hydrogens is 447 g/mol. The van der Waals surface area contributed by atoms with E-state index in [4.69, 9.17) is 11.6 Å². The smallest absolute Gasteiger partial charge is 0.151 e. The molecule has 3 heterocycles. The van der Waals surface area contributed by atoms with Gasteiger partial charge in [-0.2, -0.15) is 0 Å². The van der Waals surface area contributed by atoms with E-state index < -0.39 is 0 Å². The van der Waals surface area contributed by atoms with Crippen molar-refractivity contribution in [2.45, 2.75) is 58.4 Å². The van der Waals surface area contributed by atoms with E-state index in [0.717, 1.165) is 36.7 Å². The molecule has 0 N–H and O–H groups in total. The van der Waals surface area contributed by atoms with Gasteiger partial charge in [0, 0.05) is 37.8 Å². The fourth-order valence-corrected chi connectivity index (χ4v) is 8.57. The van der Waals surface area contributed by atoms with Gasteiger partial charge in [-0.15, -0.1) is 10.2 Å². The zero-order chi connectivity index (χ0) is 23.4. The van der Waals surface area contributed by atoms with Crippen LogP contribution in [0.1, 0.15) is 52.4 Å². The predicted octanol–water partition coefficient (Wildman–Crippen LogP) is 6.30. The van der Waals surface area contributed by atoms with Crippen LogP contribution in [0.3, 0.4) is 0 Å². The predicted molar refractivity (Wildman–Crippen MR) is 135 cm³/mol. The Morgan fingerprint density at radius 1 is 1.03 bits per heavy atom. The van der Waals surface area contributed by atoms with Gasteiger partial charge >= 0.3 is 0 Å². The average Bonchev–Trinajstić information content (AvgIpc) is 3.34. The Labute approximate surface area is 207 Å². The molecule has 2 aliphatic carbocycles. The summed E-state index contributed by atoms with van der Waals surface area (Å²) in [6, 6.07) is 8.84. The van der Waals surface area contributed by atoms with Crippen LogP contribution in [0.15, 0.2) is 30.3 Å². The van der Waals surface area contributed by atoms with Gasteiger partial charge in [0.1, 0.15) is 5.82 Å². The Morgan fingerprint density at radius 3 is 2.56 bits per heavy atom. The average molecular weight is 483 g/mol. The molecule has 2 saturated carbocycles. The highest BCUT2D eigenvalue weighted by Crippen LogP contribution is 2.53. The maximum absolute atomic E-state index is 13.7. The molecule has 2 bridgehead atoms. The third kappa shape index (κ3) is 4.24. The zero-order valence-corrected chi connectivity index (χ0v) is 21.1. The summed E-state index contributed by atoms with van der Waals surface area (Å²) in [5, 5.41) is 9.47. The monoisotopic (exact) mass is 482 g/mol. The van der Waals surface area contributed by atoms with Crippen molar-refractivity contribution in [1.29, 1.82) is 0 Å². The minimum absolute atomic E-state index is 0.316. The van der Waals surface area contributed by atoms with Gasteiger partial charge in [-0.25, -0.2) is 4.39 Å². The summed E-state index contributed by atoms with van der Waals surface area (Å²) in [6.07, 6.45) is 8.40. The lowest BCUT2D eigenvalue weighted by atomic mass is 9.56. The SMILES string of the molecule is CC1CC2CC(C)CC(CN3CC4CCN(c5ccc(-c6cc(F)ccc6Cl)nn5)C4C3)(C1)C2. The number of hydrogen-bond acceptors (Lipinski definition) is 4. The first-order valence-corrected chi connectivity index (χ1v) is 13.5. The van der Waals surface area contributed by atoms with Crippen LogP contribution in [0.25, 0.3) is 11.3 Å². The fourth-order valence-electron chi connectivity index (χ4n) is 8.35. The third-order valence-electron chi connectivity index (χ3n) is 9.09. The van der Waals surface area contributed by atoms with Gasteiger partial charge in [-0.05, 0) is 97.9 Å². The highest BCUT2D eigenvalue weighted by Gasteiger charge is 2.48. The number of halogens is 2. The van der Waals surface area contributed by atoms with Crippen molar-refractivity contribution < 1.29 is 4.39 Å². The van der Waals surface area contributed by atoms with Crippen LogP contribution in [-0.2, 0) is 0 Å². The summed E-state index contributed by atoms with van der Waals surface area (Å²) in [5.74, 6) is 4.04. The molecule has 4 fully saturated rings. The standard InChI is InChI=1S/C28H36ClFN4/c1-18-9-20-10-19(2)13-28(12-18,14-20)17-33-15-21-7-8-34(26(21)16-33)27-6-5-25(31-32-27)23-11-22(30)3-4-24(23)29/h3-6,11,18-21,26H,7-10,12-17H2,1-2H3. The second-order valence-corrected chi connectivity index (χ2v) is 12.5. The summed E-state index contributed by atoms with van der Waals surface area (Å²) in [5.41, 5.74) is 1.74. The highest BCUT2D eigenvalue weighted by atomic mass is 35.5. The van der Waals surface area contributed by atoms with E-state index in [1.165, 1.54) is 63.7 Å². The van der Waals surface area contributed by atoms with Gasteiger partial charge in [0.15, 0.2) is 5.82 Å². The molecule has 6 rings (SSSR count). The molecule has 1 aromatic carbocycles. The summed E-state index contributed by atoms with van der Waals surface area (Å²) >= 11 is 6.27. The molecule has 34 heavy (non-hydrogen) atoms. The molecule has 4 unspecified atom stereocenters. The molecular formula is C28H36ClFN4. The van der Waals surface area contributed by atoms with Crippen molar-refractivity contribution in [3.63, 3.8) is 0 Å². The second kappa shape index (κ2) is 8.74. The van der Waals surface area contributed by atoms with E-state index in [0.29, 0.717) is 33.7 Å². The van der Waals surface area contributed by atoms with Gasteiger partial charge in [0.25, 0.3) is 0 Å². The molecule has 0 radical (unpaired) electrons. The van der Waals surface area contributed by atoms with Crippen LogP contribution in [0, 0.1) is 34.9 Å². The molecule has 6 heteroatoms. The van der Waals surface area contributed by atoms with Crippen LogP contribution in [0.2, 0.25) is 5.02 Å². The number of likely N-dealkylation sites (tertiary alicyclic amines) is 1. The first-order chi connectivity index (χ1) is 16.4. The van der Waals surface area contributed by atoms with Crippen molar-refractivity contribution in [2.75, 3.05) is 31.1 Å². The Hall–Kier alpha value is -1.72. The van der Waals surface area contributed by atoms with Gasteiger partial charge in [0.05, 0.1) is 10.7 Å². The van der Waals surface area contributed by atoms with Crippen LogP contribution in [0.5, 0.6) is 0 Å². The molecule has 4 nitrogen and oxygen atoms in total. The first kappa shape index (κ1) is 22.7. The lowest BCUT2D eigenvalue weighted by molar-refractivity contribution is -0.00603. The maximum Gasteiger partial charge on any atom is 0.151 e. The maximum atomic E-state index is 13.7. The molecule has 4 atom stereocenters. The normalized spacial score (nSPS) is 35.5. The van der Waals surface area contributed by atoms with Crippen LogP contribution < -0.4 is 4.90 Å². The zero-order valence-electron chi connectivity index (χ0n) is 20.4. The Balaban J connectivity index is 1.15. The van der Waals surface area contributed by atoms with E-state index in [1.54, 1.807) is 6.07 Å². The van der Waals surface area contributed by atoms with Gasteiger partial charge in [0.2, 0.25) is 0 Å². The summed E-state index contributed by atoms with van der Waals surface area (Å²) < 4.78 is 13.7. The van der Waals surface area contributed by atoms with Gasteiger partial charge < -0.3 is 9.80 Å². The van der Waals surface area contributed by atoms with Crippen LogP contribution in [0.4, 0.5) is 10.2 Å². The van der Waals surface area contributed by atoms with Gasteiger partial charge in [-0.3, -0.25) is 0 Å². The summed E-state index contributed by atoms with van der Waals surface area (Å²) in [7, 11) is 0. The number of hydrogen-bond donors (Lipinski definition) is 0. The Bertz CT molecular complexity index is 1020. The number of anilines is 1. The van der Waals surface area contributed by atoms with E-state index in [-0.39, 0.29) is 5.82 Å². The molecule has 2 aliphatic heterocycles. The summed E-state index contributed by atoms with van der Waals surface area (Å²) in [6.45, 7) is 9.65. The Kier molecular flexibility index (Phi) is 5.84. The summed E-state index contributed by atoms with van der Waals surface area (Å²) in [4.78, 5) is 5.24. The highest BCUT2D eigenvalue weighted by molar-refractivity contribution is 6.33. The topological polar surface area (TPSA) is 32.3 Å². The van der Waals surface area contributed by atoms with Crippen LogP contribution in [-0.4, -0.2) is 47.3 Å². The van der Waals surface area contributed by atoms with Crippen molar-refractivity contribution in [3.05, 3.63) is 41.2 Å². The molecule has 182 valence electrons. The lowest BCUT2D eigenvalue weighted by Gasteiger charge is -2.51. The Morgan fingerprint density at radius 2 is 1.82 bits per heavy atom. The quantitative estimate of drug-likeness (QED) is 0.512. The molecule has 0 spiro atoms. The number of nitrogens with zero attached hydrogens (tertiary/aromatic N) is 4. The fraction of sp³-hybridized carbons (Fsp3) is 0.643. The van der Waals surface area contributed by atoms with Crippen molar-refractivity contribution in [3.8, 4) is 11.3 Å².